The van der Waals surface area contributed by atoms with Crippen molar-refractivity contribution in [3.05, 3.63) is 35.4 Å². The zero-order valence-corrected chi connectivity index (χ0v) is 12.6. The molecular weight excluding hydrogens is 236 g/mol. The van der Waals surface area contributed by atoms with Crippen LogP contribution in [0.25, 0.3) is 0 Å². The molecule has 2 nitrogen and oxygen atoms in total. The Morgan fingerprint density at radius 2 is 1.68 bits per heavy atom. The highest BCUT2D eigenvalue weighted by Crippen LogP contribution is 2.19. The van der Waals surface area contributed by atoms with Crippen LogP contribution in [0, 0.1) is 6.92 Å². The van der Waals surface area contributed by atoms with Gasteiger partial charge in [-0.2, -0.15) is 0 Å². The van der Waals surface area contributed by atoms with Gasteiger partial charge in [0.1, 0.15) is 6.10 Å². The van der Waals surface area contributed by atoms with Gasteiger partial charge < -0.3 is 9.84 Å². The standard InChI is InChI=1S/C17H28O2/c1-4-5-6-7-8-13-19-15(3)17(18)16-11-9-14(2)10-12-16/h9-12,15,17-18H,4-8,13H2,1-3H3. The molecule has 0 fully saturated rings. The Labute approximate surface area is 117 Å². The van der Waals surface area contributed by atoms with Crippen LogP contribution in [0.2, 0.25) is 0 Å². The lowest BCUT2D eigenvalue weighted by Crippen LogP contribution is -2.19. The fourth-order valence-electron chi connectivity index (χ4n) is 2.10. The van der Waals surface area contributed by atoms with Crippen LogP contribution in [0.5, 0.6) is 0 Å². The number of hydrogen-bond donors (Lipinski definition) is 1. The van der Waals surface area contributed by atoms with Gasteiger partial charge in [0.15, 0.2) is 0 Å². The van der Waals surface area contributed by atoms with E-state index in [1.165, 1.54) is 31.2 Å². The van der Waals surface area contributed by atoms with Crippen molar-refractivity contribution in [2.24, 2.45) is 0 Å². The molecule has 0 radical (unpaired) electrons. The first-order chi connectivity index (χ1) is 9.15. The molecule has 1 aromatic rings. The summed E-state index contributed by atoms with van der Waals surface area (Å²) < 4.78 is 5.72. The molecule has 0 amide bonds. The van der Waals surface area contributed by atoms with Crippen molar-refractivity contribution in [2.45, 2.75) is 65.1 Å². The Bertz CT molecular complexity index is 332. The average Bonchev–Trinajstić information content (AvgIpc) is 2.42. The van der Waals surface area contributed by atoms with Gasteiger partial charge in [0.05, 0.1) is 6.10 Å². The largest absolute Gasteiger partial charge is 0.386 e. The maximum Gasteiger partial charge on any atom is 0.105 e. The summed E-state index contributed by atoms with van der Waals surface area (Å²) in [6, 6.07) is 7.99. The summed E-state index contributed by atoms with van der Waals surface area (Å²) in [7, 11) is 0. The zero-order chi connectivity index (χ0) is 14.1. The van der Waals surface area contributed by atoms with E-state index in [4.69, 9.17) is 4.74 Å². The topological polar surface area (TPSA) is 29.5 Å². The summed E-state index contributed by atoms with van der Waals surface area (Å²) in [5, 5.41) is 10.2. The van der Waals surface area contributed by atoms with Crippen molar-refractivity contribution < 1.29 is 9.84 Å². The lowest BCUT2D eigenvalue weighted by atomic mass is 10.0. The molecule has 2 atom stereocenters. The quantitative estimate of drug-likeness (QED) is 0.670. The highest BCUT2D eigenvalue weighted by atomic mass is 16.5. The summed E-state index contributed by atoms with van der Waals surface area (Å²) >= 11 is 0. The maximum absolute atomic E-state index is 10.2. The van der Waals surface area contributed by atoms with Crippen LogP contribution in [0.15, 0.2) is 24.3 Å². The van der Waals surface area contributed by atoms with Gasteiger partial charge >= 0.3 is 0 Å². The van der Waals surface area contributed by atoms with Gasteiger partial charge in [-0.15, -0.1) is 0 Å². The first-order valence-electron chi connectivity index (χ1n) is 7.51. The predicted molar refractivity (Wildman–Crippen MR) is 80.3 cm³/mol. The molecule has 108 valence electrons. The van der Waals surface area contributed by atoms with Crippen LogP contribution < -0.4 is 0 Å². The Morgan fingerprint density at radius 3 is 2.32 bits per heavy atom. The molecule has 0 aliphatic carbocycles. The Kier molecular flexibility index (Phi) is 7.76. The minimum atomic E-state index is -0.531. The molecule has 2 heteroatoms. The maximum atomic E-state index is 10.2. The predicted octanol–water partition coefficient (Wildman–Crippen LogP) is 4.40. The monoisotopic (exact) mass is 264 g/mol. The first kappa shape index (κ1) is 16.2. The molecule has 1 aromatic carbocycles. The molecule has 0 spiro atoms. The molecule has 1 rings (SSSR count). The zero-order valence-electron chi connectivity index (χ0n) is 12.6. The third kappa shape index (κ3) is 6.22. The lowest BCUT2D eigenvalue weighted by Gasteiger charge is -2.20. The highest BCUT2D eigenvalue weighted by molar-refractivity contribution is 5.23. The second kappa shape index (κ2) is 9.11. The molecule has 1 N–H and O–H groups in total. The van der Waals surface area contributed by atoms with Crippen LogP contribution in [0.1, 0.15) is 63.2 Å². The van der Waals surface area contributed by atoms with Gasteiger partial charge in [-0.1, -0.05) is 62.4 Å². The van der Waals surface area contributed by atoms with Crippen molar-refractivity contribution in [1.82, 2.24) is 0 Å². The number of rotatable bonds is 9. The SMILES string of the molecule is CCCCCCCOC(C)C(O)c1ccc(C)cc1. The number of aliphatic hydroxyl groups is 1. The number of benzene rings is 1. The van der Waals surface area contributed by atoms with E-state index < -0.39 is 6.10 Å². The van der Waals surface area contributed by atoms with Gasteiger partial charge in [0, 0.05) is 6.61 Å². The minimum absolute atomic E-state index is 0.145. The molecule has 0 aliphatic heterocycles. The van der Waals surface area contributed by atoms with Crippen molar-refractivity contribution >= 4 is 0 Å². The number of unbranched alkanes of at least 4 members (excludes halogenated alkanes) is 4. The number of ether oxygens (including phenoxy) is 1. The summed E-state index contributed by atoms with van der Waals surface area (Å²) in [5.74, 6) is 0. The number of aryl methyl sites for hydroxylation is 1. The number of hydrogen-bond acceptors (Lipinski definition) is 2. The molecule has 0 saturated carbocycles. The van der Waals surface area contributed by atoms with E-state index in [9.17, 15) is 5.11 Å². The van der Waals surface area contributed by atoms with Gasteiger partial charge in [0.2, 0.25) is 0 Å². The summed E-state index contributed by atoms with van der Waals surface area (Å²) in [4.78, 5) is 0. The Hall–Kier alpha value is -0.860. The van der Waals surface area contributed by atoms with E-state index in [0.717, 1.165) is 18.6 Å². The summed E-state index contributed by atoms with van der Waals surface area (Å²) in [5.41, 5.74) is 2.14. The second-order valence-electron chi connectivity index (χ2n) is 5.35. The molecule has 0 saturated heterocycles. The molecule has 2 unspecified atom stereocenters. The van der Waals surface area contributed by atoms with Crippen LogP contribution in [-0.4, -0.2) is 17.8 Å². The first-order valence-corrected chi connectivity index (χ1v) is 7.51. The van der Waals surface area contributed by atoms with Crippen molar-refractivity contribution in [3.8, 4) is 0 Å². The van der Waals surface area contributed by atoms with E-state index in [1.807, 2.05) is 38.1 Å². The Morgan fingerprint density at radius 1 is 1.05 bits per heavy atom. The molecule has 0 aliphatic rings. The molecule has 0 bridgehead atoms. The fourth-order valence-corrected chi connectivity index (χ4v) is 2.10. The van der Waals surface area contributed by atoms with E-state index in [-0.39, 0.29) is 6.10 Å². The van der Waals surface area contributed by atoms with Crippen molar-refractivity contribution in [1.29, 1.82) is 0 Å². The number of aliphatic hydroxyl groups excluding tert-OH is 1. The molecule has 0 aromatic heterocycles. The van der Waals surface area contributed by atoms with Crippen LogP contribution in [-0.2, 0) is 4.74 Å². The van der Waals surface area contributed by atoms with Gasteiger partial charge in [0.25, 0.3) is 0 Å². The highest BCUT2D eigenvalue weighted by Gasteiger charge is 2.16. The van der Waals surface area contributed by atoms with Crippen LogP contribution in [0.3, 0.4) is 0 Å². The van der Waals surface area contributed by atoms with Gasteiger partial charge in [-0.3, -0.25) is 0 Å². The van der Waals surface area contributed by atoms with Crippen molar-refractivity contribution in [3.63, 3.8) is 0 Å². The van der Waals surface area contributed by atoms with E-state index in [1.54, 1.807) is 0 Å². The Balaban J connectivity index is 2.25. The summed E-state index contributed by atoms with van der Waals surface area (Å²) in [6.45, 7) is 6.95. The van der Waals surface area contributed by atoms with Crippen molar-refractivity contribution in [2.75, 3.05) is 6.61 Å². The molecule has 19 heavy (non-hydrogen) atoms. The van der Waals surface area contributed by atoms with E-state index in [0.29, 0.717) is 0 Å². The lowest BCUT2D eigenvalue weighted by molar-refractivity contribution is -0.0291. The summed E-state index contributed by atoms with van der Waals surface area (Å²) in [6.07, 6.45) is 5.50. The van der Waals surface area contributed by atoms with Crippen LogP contribution >= 0.6 is 0 Å². The minimum Gasteiger partial charge on any atom is -0.386 e. The smallest absolute Gasteiger partial charge is 0.105 e. The third-order valence-corrected chi connectivity index (χ3v) is 3.49. The van der Waals surface area contributed by atoms with Gasteiger partial charge in [-0.25, -0.2) is 0 Å². The average molecular weight is 264 g/mol. The second-order valence-corrected chi connectivity index (χ2v) is 5.35. The molecule has 0 heterocycles. The van der Waals surface area contributed by atoms with Crippen LogP contribution in [0.4, 0.5) is 0 Å². The fraction of sp³-hybridized carbons (Fsp3) is 0.647. The molecular formula is C17H28O2. The third-order valence-electron chi connectivity index (χ3n) is 3.49. The van der Waals surface area contributed by atoms with E-state index in [2.05, 4.69) is 6.92 Å². The van der Waals surface area contributed by atoms with E-state index >= 15 is 0 Å². The normalized spacial score (nSPS) is 14.3. The van der Waals surface area contributed by atoms with Gasteiger partial charge in [-0.05, 0) is 25.8 Å².